The summed E-state index contributed by atoms with van der Waals surface area (Å²) in [4.78, 5) is 2.03. The molecule has 2 aromatic rings. The van der Waals surface area contributed by atoms with Crippen molar-refractivity contribution >= 4 is 11.3 Å². The van der Waals surface area contributed by atoms with Crippen molar-refractivity contribution in [1.29, 1.82) is 0 Å². The van der Waals surface area contributed by atoms with Gasteiger partial charge in [0.05, 0.1) is 24.7 Å². The van der Waals surface area contributed by atoms with Crippen molar-refractivity contribution in [2.24, 2.45) is 5.92 Å². The fraction of sp³-hybridized carbons (Fsp3) is 0.381. The standard InChI is InChI=1S/C21H27N3O/c1-13(2)7-8-17-14(3)9-16(10-20(17)25-6)19-12-24(5)15(4)21-18(19)11-22-23-21/h9-13H,4,7-8H2,1-3,5-6H3,(H,22,23). The lowest BCUT2D eigenvalue weighted by atomic mass is 9.90. The Balaban J connectivity index is 2.05. The molecular formula is C21H27N3O. The molecule has 0 atom stereocenters. The number of H-pyrrole nitrogens is 1. The zero-order chi connectivity index (χ0) is 18.1. The van der Waals surface area contributed by atoms with Crippen LogP contribution in [-0.2, 0) is 6.42 Å². The molecule has 1 aliphatic rings. The van der Waals surface area contributed by atoms with Gasteiger partial charge in [0.1, 0.15) is 5.75 Å². The summed E-state index contributed by atoms with van der Waals surface area (Å²) in [5.41, 5.74) is 7.84. The largest absolute Gasteiger partial charge is 0.496 e. The van der Waals surface area contributed by atoms with Crippen LogP contribution in [0.15, 0.2) is 31.1 Å². The summed E-state index contributed by atoms with van der Waals surface area (Å²) in [6.07, 6.45) is 6.18. The lowest BCUT2D eigenvalue weighted by Gasteiger charge is -2.25. The van der Waals surface area contributed by atoms with Gasteiger partial charge in [-0.25, -0.2) is 0 Å². The molecule has 4 nitrogen and oxygen atoms in total. The number of aryl methyl sites for hydroxylation is 1. The Morgan fingerprint density at radius 1 is 1.32 bits per heavy atom. The second-order valence-corrected chi connectivity index (χ2v) is 7.17. The van der Waals surface area contributed by atoms with Crippen LogP contribution in [0, 0.1) is 12.8 Å². The Bertz CT molecular complexity index is 830. The van der Waals surface area contributed by atoms with Crippen molar-refractivity contribution in [2.45, 2.75) is 33.6 Å². The average Bonchev–Trinajstić information content (AvgIpc) is 3.06. The molecule has 0 fully saturated rings. The van der Waals surface area contributed by atoms with E-state index < -0.39 is 0 Å². The van der Waals surface area contributed by atoms with Crippen LogP contribution in [0.3, 0.4) is 0 Å². The first-order valence-corrected chi connectivity index (χ1v) is 8.78. The summed E-state index contributed by atoms with van der Waals surface area (Å²) in [5.74, 6) is 1.65. The molecule has 1 aromatic carbocycles. The minimum absolute atomic E-state index is 0.679. The molecule has 1 N–H and O–H groups in total. The summed E-state index contributed by atoms with van der Waals surface area (Å²) in [5, 5.41) is 7.27. The van der Waals surface area contributed by atoms with Crippen LogP contribution in [0.4, 0.5) is 0 Å². The van der Waals surface area contributed by atoms with Crippen LogP contribution in [0.25, 0.3) is 11.3 Å². The summed E-state index contributed by atoms with van der Waals surface area (Å²) in [6.45, 7) is 10.8. The molecular weight excluding hydrogens is 310 g/mol. The van der Waals surface area contributed by atoms with Gasteiger partial charge in [-0.15, -0.1) is 0 Å². The Morgan fingerprint density at radius 3 is 2.76 bits per heavy atom. The third kappa shape index (κ3) is 3.21. The van der Waals surface area contributed by atoms with Gasteiger partial charge in [0, 0.05) is 24.4 Å². The van der Waals surface area contributed by atoms with Gasteiger partial charge in [-0.3, -0.25) is 5.10 Å². The molecule has 25 heavy (non-hydrogen) atoms. The number of hydrogen-bond acceptors (Lipinski definition) is 3. The summed E-state index contributed by atoms with van der Waals surface area (Å²) in [6, 6.07) is 4.40. The SMILES string of the molecule is C=C1c2[nH]ncc2C(c2cc(C)c(CCC(C)C)c(OC)c2)=CN1C. The highest BCUT2D eigenvalue weighted by Crippen LogP contribution is 2.37. The zero-order valence-corrected chi connectivity index (χ0v) is 15.8. The molecule has 0 saturated heterocycles. The van der Waals surface area contributed by atoms with Gasteiger partial charge in [0.25, 0.3) is 0 Å². The first kappa shape index (κ1) is 17.3. The molecule has 0 aliphatic carbocycles. The molecule has 3 rings (SSSR count). The lowest BCUT2D eigenvalue weighted by molar-refractivity contribution is 0.407. The van der Waals surface area contributed by atoms with Gasteiger partial charge in [-0.1, -0.05) is 26.5 Å². The van der Waals surface area contributed by atoms with E-state index in [4.69, 9.17) is 4.74 Å². The van der Waals surface area contributed by atoms with Gasteiger partial charge in [-0.2, -0.15) is 5.10 Å². The number of nitrogens with zero attached hydrogens (tertiary/aromatic N) is 2. The Morgan fingerprint density at radius 2 is 2.08 bits per heavy atom. The lowest BCUT2D eigenvalue weighted by Crippen LogP contribution is -2.15. The van der Waals surface area contributed by atoms with E-state index in [9.17, 15) is 0 Å². The van der Waals surface area contributed by atoms with Crippen LogP contribution in [0.1, 0.15) is 48.2 Å². The summed E-state index contributed by atoms with van der Waals surface area (Å²) >= 11 is 0. The maximum Gasteiger partial charge on any atom is 0.122 e. The highest BCUT2D eigenvalue weighted by molar-refractivity contribution is 5.89. The summed E-state index contributed by atoms with van der Waals surface area (Å²) in [7, 11) is 3.76. The van der Waals surface area contributed by atoms with Crippen LogP contribution < -0.4 is 4.74 Å². The smallest absolute Gasteiger partial charge is 0.122 e. The van der Waals surface area contributed by atoms with Crippen LogP contribution >= 0.6 is 0 Å². The quantitative estimate of drug-likeness (QED) is 0.865. The normalized spacial score (nSPS) is 13.9. The second-order valence-electron chi connectivity index (χ2n) is 7.17. The number of hydrogen-bond donors (Lipinski definition) is 1. The van der Waals surface area contributed by atoms with E-state index in [1.807, 2.05) is 18.1 Å². The Hall–Kier alpha value is -2.49. The van der Waals surface area contributed by atoms with E-state index in [-0.39, 0.29) is 0 Å². The fourth-order valence-electron chi connectivity index (χ4n) is 3.33. The van der Waals surface area contributed by atoms with Gasteiger partial charge < -0.3 is 9.64 Å². The van der Waals surface area contributed by atoms with Gasteiger partial charge >= 0.3 is 0 Å². The van der Waals surface area contributed by atoms with Crippen LogP contribution in [0.2, 0.25) is 0 Å². The highest BCUT2D eigenvalue weighted by atomic mass is 16.5. The minimum Gasteiger partial charge on any atom is -0.496 e. The molecule has 1 aliphatic heterocycles. The maximum atomic E-state index is 5.73. The minimum atomic E-state index is 0.679. The Kier molecular flexibility index (Phi) is 4.71. The third-order valence-electron chi connectivity index (χ3n) is 4.90. The van der Waals surface area contributed by atoms with Crippen molar-refractivity contribution in [3.05, 3.63) is 59.1 Å². The molecule has 0 radical (unpaired) electrons. The highest BCUT2D eigenvalue weighted by Gasteiger charge is 2.23. The van der Waals surface area contributed by atoms with E-state index in [1.54, 1.807) is 7.11 Å². The molecule has 0 amide bonds. The van der Waals surface area contributed by atoms with E-state index in [2.05, 4.69) is 55.9 Å². The average molecular weight is 337 g/mol. The van der Waals surface area contributed by atoms with Gasteiger partial charge in [-0.05, 0) is 48.4 Å². The Labute approximate surface area is 150 Å². The van der Waals surface area contributed by atoms with Gasteiger partial charge in [0.15, 0.2) is 0 Å². The molecule has 132 valence electrons. The van der Waals surface area contributed by atoms with Crippen LogP contribution in [0.5, 0.6) is 5.75 Å². The molecule has 2 heterocycles. The van der Waals surface area contributed by atoms with Crippen molar-refractivity contribution in [3.63, 3.8) is 0 Å². The number of rotatable bonds is 5. The number of fused-ring (bicyclic) bond motifs is 1. The first-order valence-electron chi connectivity index (χ1n) is 8.78. The third-order valence-corrected chi connectivity index (χ3v) is 4.90. The predicted molar refractivity (Wildman–Crippen MR) is 103 cm³/mol. The number of aromatic nitrogens is 2. The van der Waals surface area contributed by atoms with E-state index in [1.165, 1.54) is 11.1 Å². The zero-order valence-electron chi connectivity index (χ0n) is 15.8. The fourth-order valence-corrected chi connectivity index (χ4v) is 3.33. The van der Waals surface area contributed by atoms with Crippen LogP contribution in [-0.4, -0.2) is 29.3 Å². The first-order chi connectivity index (χ1) is 11.9. The number of methoxy groups -OCH3 is 1. The second kappa shape index (κ2) is 6.79. The molecule has 0 saturated carbocycles. The molecule has 1 aromatic heterocycles. The van der Waals surface area contributed by atoms with Crippen molar-refractivity contribution in [1.82, 2.24) is 15.1 Å². The monoisotopic (exact) mass is 337 g/mol. The molecule has 0 spiro atoms. The molecule has 4 heteroatoms. The van der Waals surface area contributed by atoms with E-state index >= 15 is 0 Å². The number of ether oxygens (including phenoxy) is 1. The summed E-state index contributed by atoms with van der Waals surface area (Å²) < 4.78 is 5.73. The maximum absolute atomic E-state index is 5.73. The molecule has 0 unspecified atom stereocenters. The number of aromatic amines is 1. The predicted octanol–water partition coefficient (Wildman–Crippen LogP) is 4.62. The topological polar surface area (TPSA) is 41.1 Å². The van der Waals surface area contributed by atoms with E-state index in [0.717, 1.165) is 46.7 Å². The van der Waals surface area contributed by atoms with Crippen molar-refractivity contribution < 1.29 is 4.74 Å². The molecule has 0 bridgehead atoms. The van der Waals surface area contributed by atoms with Crippen molar-refractivity contribution in [2.75, 3.05) is 14.2 Å². The number of nitrogens with one attached hydrogen (secondary N) is 1. The van der Waals surface area contributed by atoms with Crippen molar-refractivity contribution in [3.8, 4) is 5.75 Å². The van der Waals surface area contributed by atoms with Gasteiger partial charge in [0.2, 0.25) is 0 Å². The number of benzene rings is 1. The van der Waals surface area contributed by atoms with E-state index in [0.29, 0.717) is 5.92 Å².